The van der Waals surface area contributed by atoms with Gasteiger partial charge in [0, 0.05) is 0 Å². The summed E-state index contributed by atoms with van der Waals surface area (Å²) in [5.41, 5.74) is 0.00810. The van der Waals surface area contributed by atoms with Gasteiger partial charge < -0.3 is 4.89 Å². The van der Waals surface area contributed by atoms with Gasteiger partial charge in [-0.1, -0.05) is 11.0 Å². The van der Waals surface area contributed by atoms with E-state index in [1.54, 1.807) is 0 Å². The van der Waals surface area contributed by atoms with Crippen molar-refractivity contribution < 1.29 is 60.8 Å². The average molecular weight is 185 g/mol. The molecule has 1 saturated carbocycles. The van der Waals surface area contributed by atoms with Crippen LogP contribution in [0.3, 0.4) is 0 Å². The Morgan fingerprint density at radius 2 is 1.70 bits per heavy atom. The summed E-state index contributed by atoms with van der Waals surface area (Å²) < 4.78 is 10.4. The van der Waals surface area contributed by atoms with Crippen molar-refractivity contribution in [3.8, 4) is 0 Å². The molecule has 0 saturated heterocycles. The fourth-order valence-electron chi connectivity index (χ4n) is 1.29. The molecule has 0 heterocycles. The molecule has 2 nitrogen and oxygen atoms in total. The Morgan fingerprint density at radius 1 is 1.20 bits per heavy atom. The molecular formula is C6H11KO2P+. The Hall–Kier alpha value is 1.70. The fraction of sp³-hybridized carbons (Fsp3) is 1.00. The van der Waals surface area contributed by atoms with Crippen LogP contribution in [0.15, 0.2) is 0 Å². The largest absolute Gasteiger partial charge is 1.00 e. The minimum absolute atomic E-state index is 0. The van der Waals surface area contributed by atoms with E-state index in [0.29, 0.717) is 0 Å². The third-order valence-corrected chi connectivity index (χ3v) is 2.99. The van der Waals surface area contributed by atoms with Gasteiger partial charge in [-0.3, -0.25) is 0 Å². The van der Waals surface area contributed by atoms with Gasteiger partial charge in [-0.25, -0.2) is 0 Å². The second kappa shape index (κ2) is 6.24. The quantitative estimate of drug-likeness (QED) is 0.365. The predicted molar refractivity (Wildman–Crippen MR) is 34.5 cm³/mol. The molecule has 0 spiro atoms. The maximum absolute atomic E-state index is 10.4. The first kappa shape index (κ1) is 11.7. The van der Waals surface area contributed by atoms with Crippen molar-refractivity contribution in [1.82, 2.24) is 0 Å². The molecule has 4 heteroatoms. The van der Waals surface area contributed by atoms with E-state index < -0.39 is 8.03 Å². The molecule has 0 bridgehead atoms. The Kier molecular flexibility index (Phi) is 7.30. The van der Waals surface area contributed by atoms with Gasteiger partial charge in [-0.05, 0) is 25.7 Å². The second-order valence-corrected chi connectivity index (χ2v) is 3.88. The first-order valence-electron chi connectivity index (χ1n) is 3.44. The molecule has 0 aromatic rings. The zero-order chi connectivity index (χ0) is 6.69. The van der Waals surface area contributed by atoms with Gasteiger partial charge in [-0.2, -0.15) is 0 Å². The van der Waals surface area contributed by atoms with Crippen molar-refractivity contribution >= 4 is 8.03 Å². The van der Waals surface area contributed by atoms with Crippen LogP contribution in [0.1, 0.15) is 32.1 Å². The van der Waals surface area contributed by atoms with Gasteiger partial charge in [-0.15, -0.1) is 0 Å². The smallest absolute Gasteiger partial charge is 0.595 e. The van der Waals surface area contributed by atoms with E-state index in [9.17, 15) is 9.46 Å². The second-order valence-electron chi connectivity index (χ2n) is 2.58. The Labute approximate surface area is 105 Å². The SMILES string of the molecule is O=[P+]([O-])C1CCCCC1.[K+]. The van der Waals surface area contributed by atoms with Crippen LogP contribution in [0.2, 0.25) is 0 Å². The molecule has 0 N–H and O–H groups in total. The summed E-state index contributed by atoms with van der Waals surface area (Å²) in [5, 5.41) is 0. The van der Waals surface area contributed by atoms with Gasteiger partial charge in [0.05, 0.1) is 0 Å². The first-order valence-corrected chi connectivity index (χ1v) is 4.69. The molecule has 0 amide bonds. The van der Waals surface area contributed by atoms with Crippen molar-refractivity contribution in [3.63, 3.8) is 0 Å². The predicted octanol–water partition coefficient (Wildman–Crippen LogP) is -1.57. The Morgan fingerprint density at radius 3 is 2.00 bits per heavy atom. The van der Waals surface area contributed by atoms with E-state index in [-0.39, 0.29) is 57.0 Å². The molecule has 10 heavy (non-hydrogen) atoms. The summed E-state index contributed by atoms with van der Waals surface area (Å²) in [4.78, 5) is 10.4. The number of rotatable bonds is 1. The van der Waals surface area contributed by atoms with Crippen molar-refractivity contribution in [2.75, 3.05) is 0 Å². The molecule has 1 atom stereocenters. The molecule has 1 rings (SSSR count). The summed E-state index contributed by atoms with van der Waals surface area (Å²) >= 11 is 0. The minimum atomic E-state index is -2.12. The van der Waals surface area contributed by atoms with Crippen LogP contribution in [0, 0.1) is 0 Å². The molecule has 1 aliphatic carbocycles. The monoisotopic (exact) mass is 185 g/mol. The topological polar surface area (TPSA) is 40.1 Å². The summed E-state index contributed by atoms with van der Waals surface area (Å²) in [7, 11) is -2.12. The van der Waals surface area contributed by atoms with E-state index in [1.165, 1.54) is 6.42 Å². The summed E-state index contributed by atoms with van der Waals surface area (Å²) in [6.45, 7) is 0. The summed E-state index contributed by atoms with van der Waals surface area (Å²) in [6.07, 6.45) is 5.24. The maximum atomic E-state index is 10.4. The van der Waals surface area contributed by atoms with Gasteiger partial charge in [0.1, 0.15) is 0 Å². The van der Waals surface area contributed by atoms with Gasteiger partial charge >= 0.3 is 59.4 Å². The zero-order valence-electron chi connectivity index (χ0n) is 6.38. The average Bonchev–Trinajstić information content (AvgIpc) is 1.90. The first-order chi connectivity index (χ1) is 4.30. The third-order valence-electron chi connectivity index (χ3n) is 1.87. The standard InChI is InChI=1S/C6H11O2P.K/c7-9(8)6-4-2-1-3-5-6;/h6H,1-5H2;/q;+1. The normalized spacial score (nSPS) is 21.5. The van der Waals surface area contributed by atoms with E-state index in [2.05, 4.69) is 0 Å². The molecule has 1 aliphatic rings. The van der Waals surface area contributed by atoms with Crippen LogP contribution < -0.4 is 56.3 Å². The maximum Gasteiger partial charge on any atom is 1.00 e. The zero-order valence-corrected chi connectivity index (χ0v) is 10.4. The van der Waals surface area contributed by atoms with E-state index in [4.69, 9.17) is 0 Å². The molecule has 0 aromatic heterocycles. The minimum Gasteiger partial charge on any atom is -0.595 e. The molecule has 52 valence electrons. The van der Waals surface area contributed by atoms with Gasteiger partial charge in [0.25, 0.3) is 0 Å². The van der Waals surface area contributed by atoms with Crippen LogP contribution in [-0.4, -0.2) is 5.66 Å². The van der Waals surface area contributed by atoms with Crippen molar-refractivity contribution in [3.05, 3.63) is 0 Å². The van der Waals surface area contributed by atoms with Crippen molar-refractivity contribution in [1.29, 1.82) is 0 Å². The molecule has 0 aliphatic heterocycles. The van der Waals surface area contributed by atoms with Crippen molar-refractivity contribution in [2.24, 2.45) is 0 Å². The Bertz CT molecular complexity index is 112. The summed E-state index contributed by atoms with van der Waals surface area (Å²) in [6, 6.07) is 0. The van der Waals surface area contributed by atoms with E-state index in [0.717, 1.165) is 25.7 Å². The third kappa shape index (κ3) is 3.91. The van der Waals surface area contributed by atoms with E-state index in [1.807, 2.05) is 0 Å². The van der Waals surface area contributed by atoms with Crippen LogP contribution in [0.4, 0.5) is 0 Å². The molecule has 0 radical (unpaired) electrons. The van der Waals surface area contributed by atoms with Crippen LogP contribution >= 0.6 is 8.03 Å². The van der Waals surface area contributed by atoms with Gasteiger partial charge in [0.15, 0.2) is 5.66 Å². The van der Waals surface area contributed by atoms with Gasteiger partial charge in [0.2, 0.25) is 0 Å². The number of hydrogen-bond acceptors (Lipinski definition) is 2. The molecule has 1 fully saturated rings. The van der Waals surface area contributed by atoms with Crippen LogP contribution in [-0.2, 0) is 4.57 Å². The van der Waals surface area contributed by atoms with Crippen molar-refractivity contribution in [2.45, 2.75) is 37.8 Å². The van der Waals surface area contributed by atoms with Crippen LogP contribution in [0.5, 0.6) is 0 Å². The molecule has 0 aromatic carbocycles. The summed E-state index contributed by atoms with van der Waals surface area (Å²) in [5.74, 6) is 0. The fourth-order valence-corrected chi connectivity index (χ4v) is 2.08. The Balaban J connectivity index is 0.000000810. The van der Waals surface area contributed by atoms with E-state index >= 15 is 0 Å². The molecular weight excluding hydrogens is 174 g/mol. The number of hydrogen-bond donors (Lipinski definition) is 0. The molecule has 1 unspecified atom stereocenters. The van der Waals surface area contributed by atoms with Crippen LogP contribution in [0.25, 0.3) is 0 Å².